The van der Waals surface area contributed by atoms with Crippen LogP contribution in [0.4, 0.5) is 0 Å². The highest BCUT2D eigenvalue weighted by atomic mass is 32.2. The fourth-order valence-electron chi connectivity index (χ4n) is 3.63. The highest BCUT2D eigenvalue weighted by molar-refractivity contribution is 7.99. The zero-order valence-corrected chi connectivity index (χ0v) is 23.1. The largest absolute Gasteiger partial charge is 0.466 e. The van der Waals surface area contributed by atoms with Crippen LogP contribution in [0.3, 0.4) is 0 Å². The van der Waals surface area contributed by atoms with Crippen LogP contribution in [0, 0.1) is 0 Å². The first-order valence-corrected chi connectivity index (χ1v) is 15.6. The summed E-state index contributed by atoms with van der Waals surface area (Å²) in [5.74, 6) is 2.09. The number of aliphatic hydroxyl groups is 1. The standard InChI is InChI=1S/C26H46O2S.H3O4P/c1-3-4-5-6-9-12-15-24-17-19-25(20-18-24)16-13-10-7-8-11-14-21-29-23-26(22-27)28-2;1-5(2,3)4/h17-20,26-27H,3-16,21-23H2,1-2H3;(H3,1,2,3,4). The van der Waals surface area contributed by atoms with E-state index in [9.17, 15) is 0 Å². The van der Waals surface area contributed by atoms with Crippen molar-refractivity contribution in [3.05, 3.63) is 35.4 Å². The number of benzene rings is 1. The van der Waals surface area contributed by atoms with Gasteiger partial charge in [0.15, 0.2) is 0 Å². The first-order valence-electron chi connectivity index (χ1n) is 12.9. The van der Waals surface area contributed by atoms with Gasteiger partial charge in [-0.1, -0.05) is 89.0 Å². The average Bonchev–Trinajstić information content (AvgIpc) is 2.80. The van der Waals surface area contributed by atoms with Gasteiger partial charge in [0.2, 0.25) is 0 Å². The number of methoxy groups -OCH3 is 1. The number of aliphatic hydroxyl groups excluding tert-OH is 1. The molecule has 200 valence electrons. The van der Waals surface area contributed by atoms with Gasteiger partial charge in [-0.3, -0.25) is 0 Å². The molecule has 1 rings (SSSR count). The summed E-state index contributed by atoms with van der Waals surface area (Å²) in [6, 6.07) is 9.40. The topological polar surface area (TPSA) is 107 Å². The van der Waals surface area contributed by atoms with E-state index >= 15 is 0 Å². The Bertz CT molecular complexity index is 596. The van der Waals surface area contributed by atoms with Gasteiger partial charge in [0.05, 0.1) is 12.7 Å². The first-order chi connectivity index (χ1) is 16.3. The second-order valence-corrected chi connectivity index (χ2v) is 11.0. The average molecular weight is 521 g/mol. The Kier molecular flexibility index (Phi) is 22.8. The third kappa shape index (κ3) is 24.7. The van der Waals surface area contributed by atoms with E-state index in [2.05, 4.69) is 31.2 Å². The molecule has 0 aliphatic carbocycles. The molecule has 4 N–H and O–H groups in total. The van der Waals surface area contributed by atoms with Crippen molar-refractivity contribution in [2.45, 2.75) is 103 Å². The van der Waals surface area contributed by atoms with E-state index in [1.165, 1.54) is 107 Å². The maximum Gasteiger partial charge on any atom is 0.466 e. The summed E-state index contributed by atoms with van der Waals surface area (Å²) >= 11 is 1.90. The lowest BCUT2D eigenvalue weighted by molar-refractivity contribution is 0.0656. The minimum Gasteiger partial charge on any atom is -0.394 e. The van der Waals surface area contributed by atoms with Crippen LogP contribution >= 0.6 is 19.6 Å². The maximum atomic E-state index is 9.07. The van der Waals surface area contributed by atoms with Gasteiger partial charge in [0, 0.05) is 12.9 Å². The third-order valence-electron chi connectivity index (χ3n) is 5.69. The van der Waals surface area contributed by atoms with E-state index in [0.29, 0.717) is 0 Å². The molecule has 0 spiro atoms. The van der Waals surface area contributed by atoms with E-state index in [-0.39, 0.29) is 12.7 Å². The van der Waals surface area contributed by atoms with Crippen LogP contribution in [0.15, 0.2) is 24.3 Å². The van der Waals surface area contributed by atoms with Crippen LogP contribution in [0.1, 0.15) is 95.1 Å². The van der Waals surface area contributed by atoms with Crippen LogP contribution < -0.4 is 0 Å². The van der Waals surface area contributed by atoms with Crippen molar-refractivity contribution in [3.63, 3.8) is 0 Å². The predicted octanol–water partition coefficient (Wildman–Crippen LogP) is 6.28. The van der Waals surface area contributed by atoms with E-state index in [0.717, 1.165) is 5.75 Å². The molecule has 34 heavy (non-hydrogen) atoms. The third-order valence-corrected chi connectivity index (χ3v) is 6.87. The van der Waals surface area contributed by atoms with Crippen molar-refractivity contribution in [1.82, 2.24) is 0 Å². The smallest absolute Gasteiger partial charge is 0.394 e. The van der Waals surface area contributed by atoms with Crippen LogP contribution in [0.25, 0.3) is 0 Å². The molecule has 0 heterocycles. The number of phosphoric acid groups is 1. The SMILES string of the molecule is CCCCCCCCc1ccc(CCCCCCCCSCC(CO)OC)cc1.O=P(O)(O)O. The lowest BCUT2D eigenvalue weighted by Gasteiger charge is -2.11. The molecule has 0 saturated carbocycles. The Morgan fingerprint density at radius 1 is 0.794 bits per heavy atom. The quantitative estimate of drug-likeness (QED) is 0.118. The predicted molar refractivity (Wildman–Crippen MR) is 144 cm³/mol. The molecule has 1 unspecified atom stereocenters. The number of unbranched alkanes of at least 4 members (excludes halogenated alkanes) is 10. The second kappa shape index (κ2) is 23.0. The fraction of sp³-hybridized carbons (Fsp3) is 0.769. The van der Waals surface area contributed by atoms with Crippen molar-refractivity contribution >= 4 is 19.6 Å². The zero-order chi connectivity index (χ0) is 25.5. The molecule has 0 radical (unpaired) electrons. The summed E-state index contributed by atoms with van der Waals surface area (Å²) in [7, 11) is -2.97. The van der Waals surface area contributed by atoms with E-state index in [1.807, 2.05) is 11.8 Å². The molecule has 1 atom stereocenters. The summed E-state index contributed by atoms with van der Waals surface area (Å²) in [6.45, 7) is 2.41. The lowest BCUT2D eigenvalue weighted by atomic mass is 10.0. The second-order valence-electron chi connectivity index (χ2n) is 8.83. The molecule has 6 nitrogen and oxygen atoms in total. The summed E-state index contributed by atoms with van der Waals surface area (Å²) in [5, 5.41) is 9.07. The minimum atomic E-state index is -4.64. The van der Waals surface area contributed by atoms with Crippen LogP contribution in [0.5, 0.6) is 0 Å². The number of aryl methyl sites for hydroxylation is 2. The molecule has 8 heteroatoms. The summed E-state index contributed by atoms with van der Waals surface area (Å²) < 4.78 is 14.1. The summed E-state index contributed by atoms with van der Waals surface area (Å²) in [4.78, 5) is 21.6. The molecule has 1 aromatic rings. The number of thioether (sulfide) groups is 1. The van der Waals surface area contributed by atoms with Crippen molar-refractivity contribution in [1.29, 1.82) is 0 Å². The normalized spacial score (nSPS) is 12.3. The first kappa shape index (κ1) is 33.6. The molecule has 0 fully saturated rings. The van der Waals surface area contributed by atoms with Gasteiger partial charge in [0.25, 0.3) is 0 Å². The van der Waals surface area contributed by atoms with Crippen molar-refractivity contribution in [2.75, 3.05) is 25.2 Å². The van der Waals surface area contributed by atoms with E-state index < -0.39 is 7.82 Å². The summed E-state index contributed by atoms with van der Waals surface area (Å²) in [5.41, 5.74) is 3.02. The van der Waals surface area contributed by atoms with Crippen molar-refractivity contribution in [2.24, 2.45) is 0 Å². The number of rotatable bonds is 20. The van der Waals surface area contributed by atoms with Gasteiger partial charge >= 0.3 is 7.82 Å². The van der Waals surface area contributed by atoms with Gasteiger partial charge in [-0.15, -0.1) is 0 Å². The number of ether oxygens (including phenoxy) is 1. The fourth-order valence-corrected chi connectivity index (χ4v) is 4.71. The number of hydrogen-bond donors (Lipinski definition) is 4. The van der Waals surface area contributed by atoms with Crippen LogP contribution in [-0.2, 0) is 22.1 Å². The van der Waals surface area contributed by atoms with Gasteiger partial charge in [-0.05, 0) is 49.0 Å². The maximum absolute atomic E-state index is 9.07. The van der Waals surface area contributed by atoms with E-state index in [4.69, 9.17) is 29.1 Å². The molecule has 1 aromatic carbocycles. The van der Waals surface area contributed by atoms with Gasteiger partial charge in [-0.2, -0.15) is 11.8 Å². The minimum absolute atomic E-state index is 0.00427. The van der Waals surface area contributed by atoms with Crippen molar-refractivity contribution in [3.8, 4) is 0 Å². The molecule has 0 aromatic heterocycles. The molecule has 0 aliphatic rings. The van der Waals surface area contributed by atoms with Crippen LogP contribution in [-0.4, -0.2) is 51.1 Å². The monoisotopic (exact) mass is 520 g/mol. The molecular formula is C26H49O6PS. The highest BCUT2D eigenvalue weighted by Crippen LogP contribution is 2.25. The molecule has 0 bridgehead atoms. The zero-order valence-electron chi connectivity index (χ0n) is 21.4. The van der Waals surface area contributed by atoms with E-state index in [1.54, 1.807) is 7.11 Å². The number of hydrogen-bond acceptors (Lipinski definition) is 4. The molecule has 0 amide bonds. The van der Waals surface area contributed by atoms with Gasteiger partial charge in [0.1, 0.15) is 0 Å². The summed E-state index contributed by atoms with van der Waals surface area (Å²) in [6.07, 6.45) is 18.8. The molecular weight excluding hydrogens is 471 g/mol. The van der Waals surface area contributed by atoms with Gasteiger partial charge in [-0.25, -0.2) is 4.57 Å². The van der Waals surface area contributed by atoms with Crippen LogP contribution in [0.2, 0.25) is 0 Å². The Morgan fingerprint density at radius 2 is 1.21 bits per heavy atom. The van der Waals surface area contributed by atoms with Crippen molar-refractivity contribution < 1.29 is 29.1 Å². The Morgan fingerprint density at radius 3 is 1.62 bits per heavy atom. The highest BCUT2D eigenvalue weighted by Gasteiger charge is 2.04. The lowest BCUT2D eigenvalue weighted by Crippen LogP contribution is -2.18. The molecule has 0 saturated heterocycles. The Hall–Kier alpha value is -0.400. The van der Waals surface area contributed by atoms with Gasteiger partial charge < -0.3 is 24.5 Å². The Labute approximate surface area is 212 Å². The Balaban J connectivity index is 0.00000196. The molecule has 0 aliphatic heterocycles.